The van der Waals surface area contributed by atoms with Crippen molar-refractivity contribution >= 4 is 5.91 Å². The van der Waals surface area contributed by atoms with E-state index in [0.29, 0.717) is 43.4 Å². The molecule has 2 heterocycles. The molecule has 1 aromatic carbocycles. The molecule has 0 aromatic heterocycles. The number of ether oxygens (including phenoxy) is 2. The van der Waals surface area contributed by atoms with Gasteiger partial charge in [-0.05, 0) is 31.4 Å². The topological polar surface area (TPSA) is 62.2 Å². The second-order valence-corrected chi connectivity index (χ2v) is 6.72. The van der Waals surface area contributed by atoms with Crippen molar-refractivity contribution in [2.45, 2.75) is 31.4 Å². The molecule has 0 radical (unpaired) electrons. The lowest BCUT2D eigenvalue weighted by Crippen LogP contribution is -2.53. The maximum Gasteiger partial charge on any atom is 0.257 e. The third kappa shape index (κ3) is 2.84. The summed E-state index contributed by atoms with van der Waals surface area (Å²) in [6.07, 6.45) is 2.85. The molecule has 0 bridgehead atoms. The number of hydrogen-bond donors (Lipinski definition) is 1. The number of benzene rings is 1. The second kappa shape index (κ2) is 6.61. The highest BCUT2D eigenvalue weighted by Crippen LogP contribution is 2.34. The molecule has 2 aliphatic heterocycles. The molecule has 130 valence electrons. The third-order valence-electron chi connectivity index (χ3n) is 5.31. The first-order valence-electron chi connectivity index (χ1n) is 8.84. The minimum atomic E-state index is -0.209. The van der Waals surface area contributed by atoms with E-state index in [0.717, 1.165) is 32.4 Å². The number of fused-ring (bicyclic) bond motifs is 1. The van der Waals surface area contributed by atoms with Crippen molar-refractivity contribution in [3.63, 3.8) is 0 Å². The molecule has 4 rings (SSSR count). The van der Waals surface area contributed by atoms with Crippen LogP contribution in [0.15, 0.2) is 18.2 Å². The summed E-state index contributed by atoms with van der Waals surface area (Å²) in [5, 5.41) is 10.1. The van der Waals surface area contributed by atoms with Crippen molar-refractivity contribution in [3.05, 3.63) is 23.8 Å². The van der Waals surface area contributed by atoms with E-state index in [9.17, 15) is 9.90 Å². The van der Waals surface area contributed by atoms with Gasteiger partial charge in [-0.2, -0.15) is 0 Å². The fourth-order valence-electron chi connectivity index (χ4n) is 4.02. The zero-order valence-corrected chi connectivity index (χ0v) is 13.8. The predicted octanol–water partition coefficient (Wildman–Crippen LogP) is 1.13. The Morgan fingerprint density at radius 1 is 1.08 bits per heavy atom. The van der Waals surface area contributed by atoms with Gasteiger partial charge in [-0.25, -0.2) is 0 Å². The van der Waals surface area contributed by atoms with Gasteiger partial charge in [0.2, 0.25) is 0 Å². The summed E-state index contributed by atoms with van der Waals surface area (Å²) in [6, 6.07) is 5.75. The van der Waals surface area contributed by atoms with Crippen molar-refractivity contribution in [2.24, 2.45) is 0 Å². The first-order valence-corrected chi connectivity index (χ1v) is 8.84. The van der Waals surface area contributed by atoms with Gasteiger partial charge in [0.1, 0.15) is 13.2 Å². The van der Waals surface area contributed by atoms with E-state index in [1.807, 2.05) is 23.1 Å². The SMILES string of the molecule is O=C(c1cccc2c1OCCO2)N1CCN([C@@H]2CCC[C@@H]2O)CC1. The minimum absolute atomic E-state index is 0.00368. The first kappa shape index (κ1) is 15.7. The molecule has 6 nitrogen and oxygen atoms in total. The Labute approximate surface area is 141 Å². The van der Waals surface area contributed by atoms with E-state index < -0.39 is 0 Å². The Bertz CT molecular complexity index is 613. The first-order chi connectivity index (χ1) is 11.7. The summed E-state index contributed by atoms with van der Waals surface area (Å²) in [5.74, 6) is 1.23. The molecule has 2 atom stereocenters. The number of aliphatic hydroxyl groups excluding tert-OH is 1. The molecule has 1 saturated heterocycles. The number of para-hydroxylation sites is 1. The minimum Gasteiger partial charge on any atom is -0.486 e. The van der Waals surface area contributed by atoms with Crippen molar-refractivity contribution < 1.29 is 19.4 Å². The fourth-order valence-corrected chi connectivity index (χ4v) is 4.02. The van der Waals surface area contributed by atoms with Gasteiger partial charge in [-0.15, -0.1) is 0 Å². The van der Waals surface area contributed by atoms with Crippen molar-refractivity contribution in [3.8, 4) is 11.5 Å². The molecule has 1 amide bonds. The van der Waals surface area contributed by atoms with E-state index in [4.69, 9.17) is 9.47 Å². The van der Waals surface area contributed by atoms with Gasteiger partial charge in [0.05, 0.1) is 11.7 Å². The molecule has 1 aliphatic carbocycles. The van der Waals surface area contributed by atoms with Crippen LogP contribution in [0.3, 0.4) is 0 Å². The van der Waals surface area contributed by atoms with E-state index >= 15 is 0 Å². The van der Waals surface area contributed by atoms with Gasteiger partial charge in [-0.1, -0.05) is 6.07 Å². The Kier molecular flexibility index (Phi) is 4.33. The summed E-state index contributed by atoms with van der Waals surface area (Å²) < 4.78 is 11.2. The number of rotatable bonds is 2. The maximum atomic E-state index is 12.9. The number of amides is 1. The molecule has 0 spiro atoms. The number of nitrogens with zero attached hydrogens (tertiary/aromatic N) is 2. The van der Waals surface area contributed by atoms with E-state index in [1.54, 1.807) is 0 Å². The van der Waals surface area contributed by atoms with E-state index in [1.165, 1.54) is 0 Å². The van der Waals surface area contributed by atoms with E-state index in [-0.39, 0.29) is 18.1 Å². The van der Waals surface area contributed by atoms with Crippen LogP contribution in [0, 0.1) is 0 Å². The number of carbonyl (C=O) groups excluding carboxylic acids is 1. The average molecular weight is 332 g/mol. The largest absolute Gasteiger partial charge is 0.486 e. The van der Waals surface area contributed by atoms with Crippen molar-refractivity contribution in [1.82, 2.24) is 9.80 Å². The molecule has 24 heavy (non-hydrogen) atoms. The lowest BCUT2D eigenvalue weighted by Gasteiger charge is -2.39. The Hall–Kier alpha value is -1.79. The van der Waals surface area contributed by atoms with Crippen LogP contribution >= 0.6 is 0 Å². The molecule has 2 fully saturated rings. The standard InChI is InChI=1S/C18H24N2O4/c21-15-5-2-4-14(15)19-7-9-20(10-8-19)18(22)13-3-1-6-16-17(13)24-12-11-23-16/h1,3,6,14-15,21H,2,4-5,7-12H2/t14-,15+/m1/s1. The Morgan fingerprint density at radius 2 is 1.88 bits per heavy atom. The summed E-state index contributed by atoms with van der Waals surface area (Å²) in [7, 11) is 0. The highest BCUT2D eigenvalue weighted by atomic mass is 16.6. The van der Waals surface area contributed by atoms with Gasteiger partial charge >= 0.3 is 0 Å². The Morgan fingerprint density at radius 3 is 2.62 bits per heavy atom. The second-order valence-electron chi connectivity index (χ2n) is 6.72. The normalized spacial score (nSPS) is 27.3. The van der Waals surface area contributed by atoms with Gasteiger partial charge in [0, 0.05) is 32.2 Å². The summed E-state index contributed by atoms with van der Waals surface area (Å²) in [5.41, 5.74) is 0.585. The van der Waals surface area contributed by atoms with Crippen molar-refractivity contribution in [1.29, 1.82) is 0 Å². The molecular formula is C18H24N2O4. The number of hydrogen-bond acceptors (Lipinski definition) is 5. The fraction of sp³-hybridized carbons (Fsp3) is 0.611. The molecule has 1 N–H and O–H groups in total. The van der Waals surface area contributed by atoms with E-state index in [2.05, 4.69) is 4.90 Å². The van der Waals surface area contributed by atoms with Gasteiger partial charge in [0.15, 0.2) is 11.5 Å². The van der Waals surface area contributed by atoms with Crippen LogP contribution in [0.5, 0.6) is 11.5 Å². The van der Waals surface area contributed by atoms with Gasteiger partial charge in [0.25, 0.3) is 5.91 Å². The quantitative estimate of drug-likeness (QED) is 0.880. The number of piperazine rings is 1. The smallest absolute Gasteiger partial charge is 0.257 e. The van der Waals surface area contributed by atoms with Crippen LogP contribution in [-0.2, 0) is 0 Å². The zero-order valence-electron chi connectivity index (χ0n) is 13.8. The maximum absolute atomic E-state index is 12.9. The molecule has 1 saturated carbocycles. The Balaban J connectivity index is 1.43. The molecule has 3 aliphatic rings. The zero-order chi connectivity index (χ0) is 16.5. The summed E-state index contributed by atoms with van der Waals surface area (Å²) >= 11 is 0. The predicted molar refractivity (Wildman–Crippen MR) is 88.6 cm³/mol. The van der Waals surface area contributed by atoms with Crippen LogP contribution < -0.4 is 9.47 Å². The van der Waals surface area contributed by atoms with Crippen molar-refractivity contribution in [2.75, 3.05) is 39.4 Å². The highest BCUT2D eigenvalue weighted by molar-refractivity contribution is 5.98. The lowest BCUT2D eigenvalue weighted by molar-refractivity contribution is 0.0312. The number of carbonyl (C=O) groups is 1. The monoisotopic (exact) mass is 332 g/mol. The molecule has 6 heteroatoms. The van der Waals surface area contributed by atoms with Crippen LogP contribution in [0.2, 0.25) is 0 Å². The highest BCUT2D eigenvalue weighted by Gasteiger charge is 2.34. The third-order valence-corrected chi connectivity index (χ3v) is 5.31. The van der Waals surface area contributed by atoms with Gasteiger partial charge in [-0.3, -0.25) is 9.69 Å². The number of aliphatic hydroxyl groups is 1. The van der Waals surface area contributed by atoms with Crippen LogP contribution in [-0.4, -0.2) is 72.4 Å². The molecule has 1 aromatic rings. The summed E-state index contributed by atoms with van der Waals surface area (Å²) in [6.45, 7) is 4.01. The van der Waals surface area contributed by atoms with Gasteiger partial charge < -0.3 is 19.5 Å². The molecular weight excluding hydrogens is 308 g/mol. The van der Waals surface area contributed by atoms with Crippen LogP contribution in [0.25, 0.3) is 0 Å². The van der Waals surface area contributed by atoms with Crippen LogP contribution in [0.1, 0.15) is 29.6 Å². The lowest BCUT2D eigenvalue weighted by atomic mass is 10.1. The average Bonchev–Trinajstić information content (AvgIpc) is 3.07. The van der Waals surface area contributed by atoms with Crippen LogP contribution in [0.4, 0.5) is 0 Å². The molecule has 0 unspecified atom stereocenters. The summed E-state index contributed by atoms with van der Waals surface area (Å²) in [4.78, 5) is 17.1.